The Balaban J connectivity index is 4.25. The Morgan fingerprint density at radius 3 is 2.00 bits per heavy atom. The van der Waals surface area contributed by atoms with E-state index in [9.17, 15) is 14.7 Å². The molecule has 5 heteroatoms. The summed E-state index contributed by atoms with van der Waals surface area (Å²) in [6.07, 6.45) is 0. The van der Waals surface area contributed by atoms with Crippen LogP contribution < -0.4 is 0 Å². The molecule has 0 radical (unpaired) electrons. The van der Waals surface area contributed by atoms with Crippen LogP contribution in [0.2, 0.25) is 0 Å². The minimum absolute atomic E-state index is 0.145. The number of carbonyl (C=O) groups is 2. The fourth-order valence-corrected chi connectivity index (χ4v) is 0.639. The number of hydrogen-bond acceptors (Lipinski definition) is 5. The van der Waals surface area contributed by atoms with E-state index >= 15 is 0 Å². The number of carbonyl (C=O) groups excluding carboxylic acids is 2. The highest BCUT2D eigenvalue weighted by molar-refractivity contribution is 5.87. The zero-order valence-corrected chi connectivity index (χ0v) is 9.70. The summed E-state index contributed by atoms with van der Waals surface area (Å²) in [5, 5.41) is 9.57. The van der Waals surface area contributed by atoms with Crippen molar-refractivity contribution in [2.45, 2.75) is 26.6 Å². The van der Waals surface area contributed by atoms with E-state index < -0.39 is 24.3 Å². The van der Waals surface area contributed by atoms with Gasteiger partial charge in [0.05, 0.1) is 0 Å². The molecule has 0 saturated heterocycles. The normalized spacial score (nSPS) is 13.5. The zero-order chi connectivity index (χ0) is 12.9. The van der Waals surface area contributed by atoms with Gasteiger partial charge < -0.3 is 14.6 Å². The van der Waals surface area contributed by atoms with Gasteiger partial charge in [-0.2, -0.15) is 0 Å². The van der Waals surface area contributed by atoms with Crippen LogP contribution in [0.4, 0.5) is 0 Å². The van der Waals surface area contributed by atoms with Crippen LogP contribution in [0.5, 0.6) is 0 Å². The molecule has 0 aliphatic carbocycles. The minimum Gasteiger partial charge on any atom is -0.455 e. The van der Waals surface area contributed by atoms with Crippen molar-refractivity contribution in [1.29, 1.82) is 0 Å². The number of esters is 2. The van der Waals surface area contributed by atoms with Crippen LogP contribution in [0, 0.1) is 0 Å². The van der Waals surface area contributed by atoms with Crippen molar-refractivity contribution in [3.05, 3.63) is 24.3 Å². The summed E-state index contributed by atoms with van der Waals surface area (Å²) in [6.45, 7) is 10.4. The first-order chi connectivity index (χ1) is 7.15. The van der Waals surface area contributed by atoms with Crippen LogP contribution in [0.1, 0.15) is 20.8 Å². The summed E-state index contributed by atoms with van der Waals surface area (Å²) >= 11 is 0. The fraction of sp³-hybridized carbons (Fsp3) is 0.455. The molecule has 1 unspecified atom stereocenters. The van der Waals surface area contributed by atoms with Crippen molar-refractivity contribution in [3.8, 4) is 0 Å². The highest BCUT2D eigenvalue weighted by atomic mass is 16.7. The van der Waals surface area contributed by atoms with Gasteiger partial charge in [0, 0.05) is 18.1 Å². The summed E-state index contributed by atoms with van der Waals surface area (Å²) in [5.74, 6) is -3.29. The molecule has 16 heavy (non-hydrogen) atoms. The van der Waals surface area contributed by atoms with E-state index in [1.807, 2.05) is 0 Å². The third kappa shape index (κ3) is 5.31. The smallest absolute Gasteiger partial charge is 0.335 e. The molecule has 0 amide bonds. The second-order valence-electron chi connectivity index (χ2n) is 3.70. The molecular formula is C11H16O5. The van der Waals surface area contributed by atoms with Gasteiger partial charge in [0.25, 0.3) is 0 Å². The Labute approximate surface area is 94.4 Å². The van der Waals surface area contributed by atoms with Crippen molar-refractivity contribution in [1.82, 2.24) is 0 Å². The first-order valence-electron chi connectivity index (χ1n) is 4.59. The average molecular weight is 228 g/mol. The molecule has 0 aromatic rings. The highest BCUT2D eigenvalue weighted by Gasteiger charge is 2.27. The van der Waals surface area contributed by atoms with Crippen LogP contribution in [-0.2, 0) is 19.1 Å². The molecule has 1 N–H and O–H groups in total. The van der Waals surface area contributed by atoms with Crippen LogP contribution in [0.15, 0.2) is 24.3 Å². The summed E-state index contributed by atoms with van der Waals surface area (Å²) in [4.78, 5) is 22.1. The summed E-state index contributed by atoms with van der Waals surface area (Å²) in [6, 6.07) is 0. The molecule has 5 nitrogen and oxygen atoms in total. The van der Waals surface area contributed by atoms with Crippen LogP contribution in [-0.4, -0.2) is 29.4 Å². The second kappa shape index (κ2) is 5.46. The first kappa shape index (κ1) is 14.4. The number of hydrogen-bond donors (Lipinski definition) is 1. The minimum atomic E-state index is -1.87. The van der Waals surface area contributed by atoms with Gasteiger partial charge in [-0.1, -0.05) is 13.2 Å². The van der Waals surface area contributed by atoms with Crippen molar-refractivity contribution < 1.29 is 24.2 Å². The lowest BCUT2D eigenvalue weighted by molar-refractivity contribution is -0.216. The van der Waals surface area contributed by atoms with Gasteiger partial charge in [-0.05, 0) is 13.8 Å². The SMILES string of the molecule is C=C(C)C(=O)OCC(C)(O)OC(=O)C(=C)C. The van der Waals surface area contributed by atoms with Gasteiger partial charge in [0.15, 0.2) is 6.61 Å². The Morgan fingerprint density at radius 1 is 1.19 bits per heavy atom. The molecule has 0 aliphatic heterocycles. The third-order valence-corrected chi connectivity index (χ3v) is 1.48. The molecule has 0 saturated carbocycles. The van der Waals surface area contributed by atoms with Gasteiger partial charge in [-0.3, -0.25) is 0 Å². The van der Waals surface area contributed by atoms with Crippen molar-refractivity contribution in [2.75, 3.05) is 6.61 Å². The molecule has 0 bridgehead atoms. The van der Waals surface area contributed by atoms with E-state index in [0.29, 0.717) is 0 Å². The summed E-state index contributed by atoms with van der Waals surface area (Å²) < 4.78 is 9.29. The Hall–Kier alpha value is -1.62. The van der Waals surface area contributed by atoms with Crippen molar-refractivity contribution in [2.24, 2.45) is 0 Å². The Kier molecular flexibility index (Phi) is 4.91. The third-order valence-electron chi connectivity index (χ3n) is 1.48. The molecule has 0 fully saturated rings. The second-order valence-corrected chi connectivity index (χ2v) is 3.70. The van der Waals surface area contributed by atoms with Gasteiger partial charge in [-0.15, -0.1) is 0 Å². The van der Waals surface area contributed by atoms with E-state index in [1.165, 1.54) is 20.8 Å². The quantitative estimate of drug-likeness (QED) is 0.430. The molecule has 0 aromatic heterocycles. The first-order valence-corrected chi connectivity index (χ1v) is 4.59. The monoisotopic (exact) mass is 228 g/mol. The Morgan fingerprint density at radius 2 is 1.62 bits per heavy atom. The lowest BCUT2D eigenvalue weighted by Gasteiger charge is -2.22. The maximum atomic E-state index is 11.1. The van der Waals surface area contributed by atoms with Gasteiger partial charge in [0.2, 0.25) is 5.79 Å². The molecule has 0 aromatic carbocycles. The van der Waals surface area contributed by atoms with Crippen LogP contribution >= 0.6 is 0 Å². The maximum Gasteiger partial charge on any atom is 0.335 e. The molecule has 0 rings (SSSR count). The molecular weight excluding hydrogens is 212 g/mol. The lowest BCUT2D eigenvalue weighted by atomic mass is 10.3. The summed E-state index contributed by atoms with van der Waals surface area (Å²) in [5.41, 5.74) is 0.341. The van der Waals surface area contributed by atoms with E-state index in [0.717, 1.165) is 0 Å². The molecule has 1 atom stereocenters. The predicted octanol–water partition coefficient (Wildman–Crippen LogP) is 0.933. The molecule has 0 aliphatic rings. The highest BCUT2D eigenvalue weighted by Crippen LogP contribution is 2.10. The maximum absolute atomic E-state index is 11.1. The summed E-state index contributed by atoms with van der Waals surface area (Å²) in [7, 11) is 0. The Bertz CT molecular complexity index is 327. The van der Waals surface area contributed by atoms with Gasteiger partial charge in [-0.25, -0.2) is 9.59 Å². The van der Waals surface area contributed by atoms with E-state index in [1.54, 1.807) is 0 Å². The van der Waals surface area contributed by atoms with Gasteiger partial charge >= 0.3 is 11.9 Å². The average Bonchev–Trinajstić information content (AvgIpc) is 2.13. The number of rotatable bonds is 5. The van der Waals surface area contributed by atoms with Gasteiger partial charge in [0.1, 0.15) is 0 Å². The fourth-order valence-electron chi connectivity index (χ4n) is 0.639. The van der Waals surface area contributed by atoms with Crippen LogP contribution in [0.3, 0.4) is 0 Å². The number of ether oxygens (including phenoxy) is 2. The molecule has 90 valence electrons. The standard InChI is InChI=1S/C11H16O5/c1-7(2)9(12)15-6-11(5,14)16-10(13)8(3)4/h14H,1,3,6H2,2,4-5H3. The zero-order valence-electron chi connectivity index (χ0n) is 9.70. The van der Waals surface area contributed by atoms with Crippen LogP contribution in [0.25, 0.3) is 0 Å². The lowest BCUT2D eigenvalue weighted by Crippen LogP contribution is -2.37. The topological polar surface area (TPSA) is 72.8 Å². The van der Waals surface area contributed by atoms with E-state index in [2.05, 4.69) is 22.6 Å². The largest absolute Gasteiger partial charge is 0.455 e. The van der Waals surface area contributed by atoms with Crippen molar-refractivity contribution >= 4 is 11.9 Å². The predicted molar refractivity (Wildman–Crippen MR) is 57.3 cm³/mol. The molecule has 0 heterocycles. The van der Waals surface area contributed by atoms with Crippen molar-refractivity contribution in [3.63, 3.8) is 0 Å². The van der Waals surface area contributed by atoms with E-state index in [4.69, 9.17) is 0 Å². The molecule has 0 spiro atoms. The van der Waals surface area contributed by atoms with E-state index in [-0.39, 0.29) is 11.1 Å². The number of aliphatic hydroxyl groups is 1.